The van der Waals surface area contributed by atoms with Crippen molar-refractivity contribution in [3.63, 3.8) is 0 Å². The van der Waals surface area contributed by atoms with E-state index in [1.165, 1.54) is 5.56 Å². The summed E-state index contributed by atoms with van der Waals surface area (Å²) in [7, 11) is 0. The highest BCUT2D eigenvalue weighted by molar-refractivity contribution is 6.35. The molecule has 0 radical (unpaired) electrons. The van der Waals surface area contributed by atoms with Gasteiger partial charge >= 0.3 is 11.8 Å². The Labute approximate surface area is 177 Å². The van der Waals surface area contributed by atoms with Crippen LogP contribution < -0.4 is 10.2 Å². The van der Waals surface area contributed by atoms with E-state index in [4.69, 9.17) is 0 Å². The number of nitrogens with zero attached hydrogens (tertiary/aromatic N) is 4. The Morgan fingerprint density at radius 3 is 2.27 bits per heavy atom. The quantitative estimate of drug-likeness (QED) is 0.779. The summed E-state index contributed by atoms with van der Waals surface area (Å²) in [6, 6.07) is 16.3. The maximum atomic E-state index is 12.6. The van der Waals surface area contributed by atoms with Crippen LogP contribution in [0.15, 0.2) is 54.7 Å². The molecule has 4 rings (SSSR count). The molecule has 0 unspecified atom stereocenters. The molecule has 0 atom stereocenters. The molecule has 0 saturated carbocycles. The third-order valence-corrected chi connectivity index (χ3v) is 5.91. The van der Waals surface area contributed by atoms with Gasteiger partial charge in [0.15, 0.2) is 0 Å². The van der Waals surface area contributed by atoms with E-state index in [1.807, 2.05) is 24.3 Å². The predicted octanol–water partition coefficient (Wildman–Crippen LogP) is 1.51. The Morgan fingerprint density at radius 1 is 0.900 bits per heavy atom. The van der Waals surface area contributed by atoms with Crippen LogP contribution in [-0.2, 0) is 16.1 Å². The molecule has 2 amide bonds. The first kappa shape index (κ1) is 20.3. The first-order valence-corrected chi connectivity index (χ1v) is 10.7. The number of anilines is 1. The van der Waals surface area contributed by atoms with Crippen LogP contribution in [0.1, 0.15) is 18.4 Å². The minimum absolute atomic E-state index is 0.0725. The molecule has 2 aliphatic rings. The topological polar surface area (TPSA) is 68.8 Å². The van der Waals surface area contributed by atoms with Crippen LogP contribution >= 0.6 is 0 Å². The number of rotatable bonds is 4. The summed E-state index contributed by atoms with van der Waals surface area (Å²) in [5, 5.41) is 2.96. The second-order valence-corrected chi connectivity index (χ2v) is 7.98. The molecule has 2 aromatic rings. The predicted molar refractivity (Wildman–Crippen MR) is 116 cm³/mol. The smallest absolute Gasteiger partial charge is 0.312 e. The van der Waals surface area contributed by atoms with Gasteiger partial charge in [-0.25, -0.2) is 4.98 Å². The molecule has 2 aliphatic heterocycles. The molecule has 7 nitrogen and oxygen atoms in total. The van der Waals surface area contributed by atoms with Gasteiger partial charge in [-0.3, -0.25) is 14.5 Å². The minimum Gasteiger partial charge on any atom is -0.353 e. The minimum atomic E-state index is -0.470. The van der Waals surface area contributed by atoms with Gasteiger partial charge in [0.25, 0.3) is 0 Å². The van der Waals surface area contributed by atoms with Crippen molar-refractivity contribution in [1.82, 2.24) is 20.1 Å². The zero-order chi connectivity index (χ0) is 20.8. The third kappa shape index (κ3) is 5.16. The highest BCUT2D eigenvalue weighted by Crippen LogP contribution is 2.15. The number of amides is 2. The summed E-state index contributed by atoms with van der Waals surface area (Å²) in [4.78, 5) is 35.6. The summed E-state index contributed by atoms with van der Waals surface area (Å²) < 4.78 is 0. The number of pyridine rings is 1. The maximum absolute atomic E-state index is 12.6. The summed E-state index contributed by atoms with van der Waals surface area (Å²) in [5.41, 5.74) is 1.31. The molecule has 30 heavy (non-hydrogen) atoms. The van der Waals surface area contributed by atoms with E-state index in [-0.39, 0.29) is 6.04 Å². The van der Waals surface area contributed by atoms with E-state index in [9.17, 15) is 9.59 Å². The molecule has 3 heterocycles. The van der Waals surface area contributed by atoms with Crippen molar-refractivity contribution in [1.29, 1.82) is 0 Å². The molecule has 7 heteroatoms. The lowest BCUT2D eigenvalue weighted by atomic mass is 10.0. The van der Waals surface area contributed by atoms with Gasteiger partial charge in [-0.05, 0) is 30.5 Å². The van der Waals surface area contributed by atoms with Gasteiger partial charge in [0, 0.05) is 58.1 Å². The van der Waals surface area contributed by atoms with Gasteiger partial charge in [-0.1, -0.05) is 36.4 Å². The van der Waals surface area contributed by atoms with Gasteiger partial charge in [0.05, 0.1) is 0 Å². The molecule has 0 bridgehead atoms. The number of piperazine rings is 1. The van der Waals surface area contributed by atoms with Gasteiger partial charge in [-0.15, -0.1) is 0 Å². The zero-order valence-electron chi connectivity index (χ0n) is 17.2. The highest BCUT2D eigenvalue weighted by atomic mass is 16.2. The molecule has 1 aromatic heterocycles. The van der Waals surface area contributed by atoms with Gasteiger partial charge in [0.2, 0.25) is 0 Å². The molecule has 1 N–H and O–H groups in total. The fourth-order valence-corrected chi connectivity index (χ4v) is 4.15. The van der Waals surface area contributed by atoms with Crippen molar-refractivity contribution in [2.75, 3.05) is 44.2 Å². The molecule has 0 spiro atoms. The second kappa shape index (κ2) is 9.71. The first-order chi connectivity index (χ1) is 14.7. The van der Waals surface area contributed by atoms with E-state index in [2.05, 4.69) is 44.4 Å². The Kier molecular flexibility index (Phi) is 6.59. The second-order valence-electron chi connectivity index (χ2n) is 7.98. The monoisotopic (exact) mass is 407 g/mol. The Hall–Kier alpha value is -2.93. The number of benzene rings is 1. The van der Waals surface area contributed by atoms with Gasteiger partial charge in [0.1, 0.15) is 5.82 Å². The van der Waals surface area contributed by atoms with E-state index < -0.39 is 11.8 Å². The standard InChI is InChI=1S/C23H29N5O2/c29-22(23(30)28-16-14-27(15-17-28)21-8-4-5-11-24-21)25-20-9-12-26(13-10-20)18-19-6-2-1-3-7-19/h1-8,11,20H,9-10,12-18H2,(H,25,29). The Morgan fingerprint density at radius 2 is 1.60 bits per heavy atom. The van der Waals surface area contributed by atoms with Crippen LogP contribution in [0.3, 0.4) is 0 Å². The Balaban J connectivity index is 1.20. The molecule has 0 aliphatic carbocycles. The summed E-state index contributed by atoms with van der Waals surface area (Å²) in [6.45, 7) is 5.24. The van der Waals surface area contributed by atoms with Crippen LogP contribution in [-0.4, -0.2) is 71.9 Å². The van der Waals surface area contributed by atoms with Gasteiger partial charge in [-0.2, -0.15) is 0 Å². The zero-order valence-corrected chi connectivity index (χ0v) is 17.2. The van der Waals surface area contributed by atoms with E-state index in [0.29, 0.717) is 26.2 Å². The van der Waals surface area contributed by atoms with E-state index in [1.54, 1.807) is 11.1 Å². The average molecular weight is 408 g/mol. The van der Waals surface area contributed by atoms with Crippen molar-refractivity contribution in [3.05, 3.63) is 60.3 Å². The first-order valence-electron chi connectivity index (χ1n) is 10.7. The van der Waals surface area contributed by atoms with Crippen LogP contribution in [0.2, 0.25) is 0 Å². The molecule has 2 saturated heterocycles. The number of nitrogens with one attached hydrogen (secondary N) is 1. The van der Waals surface area contributed by atoms with Crippen molar-refractivity contribution >= 4 is 17.6 Å². The van der Waals surface area contributed by atoms with Crippen molar-refractivity contribution in [3.8, 4) is 0 Å². The normalized spacial score (nSPS) is 18.3. The maximum Gasteiger partial charge on any atom is 0.312 e. The van der Waals surface area contributed by atoms with Crippen LogP contribution in [0, 0.1) is 0 Å². The van der Waals surface area contributed by atoms with Crippen LogP contribution in [0.5, 0.6) is 0 Å². The Bertz CT molecular complexity index is 829. The largest absolute Gasteiger partial charge is 0.353 e. The fraction of sp³-hybridized carbons (Fsp3) is 0.435. The van der Waals surface area contributed by atoms with Crippen molar-refractivity contribution < 1.29 is 9.59 Å². The number of carbonyl (C=O) groups excluding carboxylic acids is 2. The highest BCUT2D eigenvalue weighted by Gasteiger charge is 2.29. The van der Waals surface area contributed by atoms with E-state index >= 15 is 0 Å². The lowest BCUT2D eigenvalue weighted by molar-refractivity contribution is -0.146. The van der Waals surface area contributed by atoms with Crippen LogP contribution in [0.25, 0.3) is 0 Å². The molecular formula is C23H29N5O2. The van der Waals surface area contributed by atoms with Gasteiger partial charge < -0.3 is 15.1 Å². The number of piperidine rings is 1. The average Bonchev–Trinajstić information content (AvgIpc) is 2.81. The number of hydrogen-bond acceptors (Lipinski definition) is 5. The number of likely N-dealkylation sites (tertiary alicyclic amines) is 1. The van der Waals surface area contributed by atoms with Crippen molar-refractivity contribution in [2.45, 2.75) is 25.4 Å². The molecule has 158 valence electrons. The SMILES string of the molecule is O=C(NC1CCN(Cc2ccccc2)CC1)C(=O)N1CCN(c2ccccn2)CC1. The number of carbonyl (C=O) groups is 2. The van der Waals surface area contributed by atoms with E-state index in [0.717, 1.165) is 38.3 Å². The number of aromatic nitrogens is 1. The molecular weight excluding hydrogens is 378 g/mol. The van der Waals surface area contributed by atoms with Crippen LogP contribution in [0.4, 0.5) is 5.82 Å². The third-order valence-electron chi connectivity index (χ3n) is 5.91. The summed E-state index contributed by atoms with van der Waals surface area (Å²) in [6.07, 6.45) is 3.52. The fourth-order valence-electron chi connectivity index (χ4n) is 4.15. The summed E-state index contributed by atoms with van der Waals surface area (Å²) >= 11 is 0. The summed E-state index contributed by atoms with van der Waals surface area (Å²) in [5.74, 6) is 0.0292. The molecule has 2 fully saturated rings. The molecule has 1 aromatic carbocycles. The number of hydrogen-bond donors (Lipinski definition) is 1. The lowest BCUT2D eigenvalue weighted by Gasteiger charge is -2.36. The van der Waals surface area contributed by atoms with Crippen molar-refractivity contribution in [2.24, 2.45) is 0 Å². The lowest BCUT2D eigenvalue weighted by Crippen LogP contribution is -2.54.